The Morgan fingerprint density at radius 2 is 2.06 bits per heavy atom. The molecule has 2 rings (SSSR count). The zero-order valence-corrected chi connectivity index (χ0v) is 10.9. The fourth-order valence-electron chi connectivity index (χ4n) is 1.47. The summed E-state index contributed by atoms with van der Waals surface area (Å²) in [6.45, 7) is 3.99. The second kappa shape index (κ2) is 4.33. The van der Waals surface area contributed by atoms with E-state index in [2.05, 4.69) is 21.1 Å². The van der Waals surface area contributed by atoms with E-state index >= 15 is 0 Å². The van der Waals surface area contributed by atoms with E-state index in [9.17, 15) is 4.79 Å². The zero-order chi connectivity index (χ0) is 12.6. The molecule has 0 unspecified atom stereocenters. The summed E-state index contributed by atoms with van der Waals surface area (Å²) < 4.78 is 5.97. The average molecular weight is 296 g/mol. The van der Waals surface area contributed by atoms with E-state index in [-0.39, 0.29) is 5.69 Å². The van der Waals surface area contributed by atoms with Crippen LogP contribution in [0.4, 0.5) is 0 Å². The lowest BCUT2D eigenvalue weighted by Crippen LogP contribution is -1.94. The molecule has 0 saturated heterocycles. The fourth-order valence-corrected chi connectivity index (χ4v) is 2.03. The average Bonchev–Trinajstić information content (AvgIpc) is 2.74. The Bertz CT molecular complexity index is 566. The largest absolute Gasteiger partial charge is 0.476 e. The van der Waals surface area contributed by atoms with Gasteiger partial charge in [0.05, 0.1) is 0 Å². The number of nitrogens with zero attached hydrogens (tertiary/aromatic N) is 1. The molecule has 5 heteroatoms. The van der Waals surface area contributed by atoms with Crippen molar-refractivity contribution in [1.29, 1.82) is 0 Å². The van der Waals surface area contributed by atoms with Crippen molar-refractivity contribution in [2.24, 2.45) is 0 Å². The van der Waals surface area contributed by atoms with E-state index < -0.39 is 5.97 Å². The van der Waals surface area contributed by atoms with Gasteiger partial charge in [-0.05, 0) is 37.1 Å². The van der Waals surface area contributed by atoms with Crippen molar-refractivity contribution in [2.75, 3.05) is 0 Å². The van der Waals surface area contributed by atoms with Gasteiger partial charge in [0.25, 0.3) is 0 Å². The Morgan fingerprint density at radius 3 is 2.59 bits per heavy atom. The number of aromatic nitrogens is 1. The predicted molar refractivity (Wildman–Crippen MR) is 66.1 cm³/mol. The third-order valence-corrected chi connectivity index (χ3v) is 3.44. The van der Waals surface area contributed by atoms with Gasteiger partial charge in [-0.25, -0.2) is 4.79 Å². The highest BCUT2D eigenvalue weighted by Gasteiger charge is 2.13. The third kappa shape index (κ3) is 2.24. The number of carboxylic acid groups (broad SMARTS) is 1. The molecule has 0 atom stereocenters. The molecular formula is C12H10BrNO3. The normalized spacial score (nSPS) is 10.5. The van der Waals surface area contributed by atoms with Crippen LogP contribution in [0.3, 0.4) is 0 Å². The van der Waals surface area contributed by atoms with Crippen LogP contribution < -0.4 is 0 Å². The second-order valence-electron chi connectivity index (χ2n) is 3.78. The first-order valence-corrected chi connectivity index (χ1v) is 5.75. The summed E-state index contributed by atoms with van der Waals surface area (Å²) in [5, 5.41) is 12.3. The maximum absolute atomic E-state index is 10.7. The van der Waals surface area contributed by atoms with E-state index in [1.54, 1.807) is 0 Å². The van der Waals surface area contributed by atoms with Crippen LogP contribution in [0.1, 0.15) is 21.6 Å². The van der Waals surface area contributed by atoms with Gasteiger partial charge >= 0.3 is 5.97 Å². The first-order chi connectivity index (χ1) is 7.99. The molecule has 0 saturated carbocycles. The first-order valence-electron chi connectivity index (χ1n) is 4.96. The minimum Gasteiger partial charge on any atom is -0.476 e. The highest BCUT2D eigenvalue weighted by molar-refractivity contribution is 9.10. The number of aromatic carboxylic acids is 1. The standard InChI is InChI=1S/C12H10BrNO3/c1-6-3-8(4-9(13)7(6)2)11-5-10(12(15)16)14-17-11/h3-5H,1-2H3,(H,15,16). The maximum Gasteiger partial charge on any atom is 0.358 e. The molecule has 0 aliphatic rings. The molecule has 0 radical (unpaired) electrons. The molecule has 0 bridgehead atoms. The molecule has 0 amide bonds. The molecule has 17 heavy (non-hydrogen) atoms. The summed E-state index contributed by atoms with van der Waals surface area (Å²) in [5.41, 5.74) is 2.96. The number of benzene rings is 1. The molecule has 1 heterocycles. The Hall–Kier alpha value is -1.62. The van der Waals surface area contributed by atoms with Crippen LogP contribution in [0, 0.1) is 13.8 Å². The number of rotatable bonds is 2. The zero-order valence-electron chi connectivity index (χ0n) is 9.32. The molecule has 0 aliphatic carbocycles. The van der Waals surface area contributed by atoms with Gasteiger partial charge in [-0.1, -0.05) is 21.1 Å². The Kier molecular flexibility index (Phi) is 3.02. The predicted octanol–water partition coefficient (Wildman–Crippen LogP) is 3.42. The Balaban J connectivity index is 2.49. The van der Waals surface area contributed by atoms with E-state index in [1.807, 2.05) is 26.0 Å². The SMILES string of the molecule is Cc1cc(-c2cc(C(=O)O)no2)cc(Br)c1C. The summed E-state index contributed by atoms with van der Waals surface area (Å²) in [4.78, 5) is 10.7. The van der Waals surface area contributed by atoms with Gasteiger partial charge in [0, 0.05) is 16.1 Å². The number of carbonyl (C=O) groups is 1. The monoisotopic (exact) mass is 295 g/mol. The topological polar surface area (TPSA) is 63.3 Å². The second-order valence-corrected chi connectivity index (χ2v) is 4.64. The van der Waals surface area contributed by atoms with Gasteiger partial charge < -0.3 is 9.63 Å². The number of carboxylic acids is 1. The van der Waals surface area contributed by atoms with Crippen molar-refractivity contribution >= 4 is 21.9 Å². The van der Waals surface area contributed by atoms with Crippen molar-refractivity contribution in [1.82, 2.24) is 5.16 Å². The van der Waals surface area contributed by atoms with Crippen LogP contribution in [-0.4, -0.2) is 16.2 Å². The van der Waals surface area contributed by atoms with Crippen LogP contribution >= 0.6 is 15.9 Å². The van der Waals surface area contributed by atoms with Gasteiger partial charge in [-0.15, -0.1) is 0 Å². The number of aryl methyl sites for hydroxylation is 1. The molecule has 2 aromatic rings. The minimum absolute atomic E-state index is 0.0886. The Labute approximate surface area is 106 Å². The highest BCUT2D eigenvalue weighted by Crippen LogP contribution is 2.28. The van der Waals surface area contributed by atoms with Gasteiger partial charge in [0.1, 0.15) is 0 Å². The number of hydrogen-bond donors (Lipinski definition) is 1. The van der Waals surface area contributed by atoms with E-state index in [1.165, 1.54) is 6.07 Å². The van der Waals surface area contributed by atoms with Crippen molar-refractivity contribution in [2.45, 2.75) is 13.8 Å². The van der Waals surface area contributed by atoms with Crippen LogP contribution in [0.25, 0.3) is 11.3 Å². The molecule has 0 spiro atoms. The molecular weight excluding hydrogens is 286 g/mol. The molecule has 88 valence electrons. The molecule has 4 nitrogen and oxygen atoms in total. The lowest BCUT2D eigenvalue weighted by Gasteiger charge is -2.05. The number of halogens is 1. The smallest absolute Gasteiger partial charge is 0.358 e. The van der Waals surface area contributed by atoms with Gasteiger partial charge in [-0.2, -0.15) is 0 Å². The minimum atomic E-state index is -1.09. The maximum atomic E-state index is 10.7. The van der Waals surface area contributed by atoms with E-state index in [4.69, 9.17) is 9.63 Å². The summed E-state index contributed by atoms with van der Waals surface area (Å²) in [5.74, 6) is -0.644. The van der Waals surface area contributed by atoms with Gasteiger partial charge in [0.2, 0.25) is 0 Å². The number of hydrogen-bond acceptors (Lipinski definition) is 3. The van der Waals surface area contributed by atoms with Gasteiger partial charge in [0.15, 0.2) is 11.5 Å². The molecule has 1 aromatic carbocycles. The van der Waals surface area contributed by atoms with Crippen molar-refractivity contribution in [3.8, 4) is 11.3 Å². The summed E-state index contributed by atoms with van der Waals surface area (Å²) in [7, 11) is 0. The fraction of sp³-hybridized carbons (Fsp3) is 0.167. The third-order valence-electron chi connectivity index (χ3n) is 2.62. The van der Waals surface area contributed by atoms with Crippen molar-refractivity contribution < 1.29 is 14.4 Å². The molecule has 0 aliphatic heterocycles. The quantitative estimate of drug-likeness (QED) is 0.922. The van der Waals surface area contributed by atoms with Crippen LogP contribution in [0.15, 0.2) is 27.2 Å². The van der Waals surface area contributed by atoms with Crippen LogP contribution in [-0.2, 0) is 0 Å². The summed E-state index contributed by atoms with van der Waals surface area (Å²) >= 11 is 3.45. The van der Waals surface area contributed by atoms with Crippen LogP contribution in [0.5, 0.6) is 0 Å². The van der Waals surface area contributed by atoms with Crippen molar-refractivity contribution in [3.63, 3.8) is 0 Å². The molecule has 1 aromatic heterocycles. The summed E-state index contributed by atoms with van der Waals surface area (Å²) in [6.07, 6.45) is 0. The van der Waals surface area contributed by atoms with Crippen molar-refractivity contribution in [3.05, 3.63) is 39.5 Å². The lowest BCUT2D eigenvalue weighted by atomic mass is 10.0. The van der Waals surface area contributed by atoms with Crippen LogP contribution in [0.2, 0.25) is 0 Å². The van der Waals surface area contributed by atoms with Gasteiger partial charge in [-0.3, -0.25) is 0 Å². The molecule has 0 fully saturated rings. The molecule has 1 N–H and O–H groups in total. The Morgan fingerprint density at radius 1 is 1.35 bits per heavy atom. The van der Waals surface area contributed by atoms with E-state index in [0.29, 0.717) is 5.76 Å². The lowest BCUT2D eigenvalue weighted by molar-refractivity contribution is 0.0686. The summed E-state index contributed by atoms with van der Waals surface area (Å²) in [6, 6.07) is 5.24. The van der Waals surface area contributed by atoms with E-state index in [0.717, 1.165) is 21.2 Å². The first kappa shape index (κ1) is 11.9. The highest BCUT2D eigenvalue weighted by atomic mass is 79.9.